The van der Waals surface area contributed by atoms with E-state index in [4.69, 9.17) is 10.8 Å². The maximum absolute atomic E-state index is 12.2. The van der Waals surface area contributed by atoms with Crippen molar-refractivity contribution in [2.45, 2.75) is 31.8 Å². The van der Waals surface area contributed by atoms with Crippen LogP contribution in [0.4, 0.5) is 5.13 Å². The third kappa shape index (κ3) is 2.77. The van der Waals surface area contributed by atoms with Gasteiger partial charge in [0, 0.05) is 16.6 Å². The highest BCUT2D eigenvalue weighted by atomic mass is 32.1. The second-order valence-corrected chi connectivity index (χ2v) is 5.87. The molecule has 1 amide bonds. The number of hydrogen-bond donors (Lipinski definition) is 3. The van der Waals surface area contributed by atoms with E-state index in [1.807, 2.05) is 4.68 Å². The molecule has 0 spiro atoms. The summed E-state index contributed by atoms with van der Waals surface area (Å²) in [6.07, 6.45) is 4.56. The molecule has 2 aromatic heterocycles. The Kier molecular flexibility index (Phi) is 3.89. The van der Waals surface area contributed by atoms with Crippen molar-refractivity contribution in [2.24, 2.45) is 0 Å². The first-order valence-electron chi connectivity index (χ1n) is 6.86. The second kappa shape index (κ2) is 5.82. The van der Waals surface area contributed by atoms with Crippen molar-refractivity contribution >= 4 is 22.4 Å². The molecule has 0 aliphatic heterocycles. The number of nitrogens with one attached hydrogen (secondary N) is 1. The standard InChI is InChI=1S/C13H17N5O2S/c14-13-17-10(7-21-13)12(20)16-9-2-1-3-11-8(9)6-15-18(11)4-5-19/h6-7,9,19H,1-5H2,(H2,14,17)(H,16,20). The van der Waals surface area contributed by atoms with Crippen molar-refractivity contribution in [2.75, 3.05) is 12.3 Å². The van der Waals surface area contributed by atoms with Crippen LogP contribution < -0.4 is 11.1 Å². The summed E-state index contributed by atoms with van der Waals surface area (Å²) < 4.78 is 1.81. The number of nitrogen functional groups attached to an aromatic ring is 1. The lowest BCUT2D eigenvalue weighted by atomic mass is 9.93. The fraction of sp³-hybridized carbons (Fsp3) is 0.462. The van der Waals surface area contributed by atoms with Crippen LogP contribution in [0.2, 0.25) is 0 Å². The molecule has 1 unspecified atom stereocenters. The van der Waals surface area contributed by atoms with Crippen molar-refractivity contribution in [3.05, 3.63) is 28.5 Å². The van der Waals surface area contributed by atoms with E-state index in [0.29, 0.717) is 17.4 Å². The molecule has 1 atom stereocenters. The first-order valence-corrected chi connectivity index (χ1v) is 7.74. The van der Waals surface area contributed by atoms with Gasteiger partial charge in [0.25, 0.3) is 5.91 Å². The molecular formula is C13H17N5O2S. The average molecular weight is 307 g/mol. The lowest BCUT2D eigenvalue weighted by Gasteiger charge is -2.23. The van der Waals surface area contributed by atoms with Crippen LogP contribution in [0, 0.1) is 0 Å². The number of hydrogen-bond acceptors (Lipinski definition) is 6. The van der Waals surface area contributed by atoms with Gasteiger partial charge in [-0.3, -0.25) is 9.48 Å². The summed E-state index contributed by atoms with van der Waals surface area (Å²) in [7, 11) is 0. The number of anilines is 1. The van der Waals surface area contributed by atoms with Gasteiger partial charge in [-0.2, -0.15) is 5.10 Å². The number of rotatable bonds is 4. The molecule has 3 rings (SSSR count). The van der Waals surface area contributed by atoms with Gasteiger partial charge in [0.1, 0.15) is 5.69 Å². The number of aromatic nitrogens is 3. The summed E-state index contributed by atoms with van der Waals surface area (Å²) in [5, 5.41) is 18.4. The quantitative estimate of drug-likeness (QED) is 0.772. The topological polar surface area (TPSA) is 106 Å². The van der Waals surface area contributed by atoms with Crippen LogP contribution in [0.1, 0.15) is 40.6 Å². The predicted octanol–water partition coefficient (Wildman–Crippen LogP) is 0.722. The number of nitrogens with zero attached hydrogens (tertiary/aromatic N) is 3. The molecule has 0 saturated heterocycles. The Morgan fingerprint density at radius 1 is 1.62 bits per heavy atom. The number of thiazole rings is 1. The van der Waals surface area contributed by atoms with E-state index in [1.165, 1.54) is 11.3 Å². The van der Waals surface area contributed by atoms with Crippen LogP contribution >= 0.6 is 11.3 Å². The number of amides is 1. The highest BCUT2D eigenvalue weighted by Crippen LogP contribution is 2.29. The highest BCUT2D eigenvalue weighted by molar-refractivity contribution is 7.13. The monoisotopic (exact) mass is 307 g/mol. The lowest BCUT2D eigenvalue weighted by molar-refractivity contribution is 0.0928. The summed E-state index contributed by atoms with van der Waals surface area (Å²) in [5.41, 5.74) is 8.04. The third-order valence-corrected chi connectivity index (χ3v) is 4.31. The Labute approximate surface area is 125 Å². The minimum absolute atomic E-state index is 0.0587. The number of fused-ring (bicyclic) bond motifs is 1. The summed E-state index contributed by atoms with van der Waals surface area (Å²) in [5.74, 6) is -0.212. The zero-order chi connectivity index (χ0) is 14.8. The second-order valence-electron chi connectivity index (χ2n) is 4.98. The minimum atomic E-state index is -0.212. The molecule has 7 nitrogen and oxygen atoms in total. The van der Waals surface area contributed by atoms with E-state index in [-0.39, 0.29) is 18.6 Å². The summed E-state index contributed by atoms with van der Waals surface area (Å²) in [6, 6.07) is -0.0587. The van der Waals surface area contributed by atoms with E-state index in [2.05, 4.69) is 15.4 Å². The predicted molar refractivity (Wildman–Crippen MR) is 79.0 cm³/mol. The fourth-order valence-electron chi connectivity index (χ4n) is 2.68. The molecule has 21 heavy (non-hydrogen) atoms. The number of carbonyl (C=O) groups excluding carboxylic acids is 1. The molecule has 0 saturated carbocycles. The summed E-state index contributed by atoms with van der Waals surface area (Å²) in [6.45, 7) is 0.544. The van der Waals surface area contributed by atoms with Gasteiger partial charge in [-0.1, -0.05) is 0 Å². The van der Waals surface area contributed by atoms with E-state index in [9.17, 15) is 4.79 Å². The number of aliphatic hydroxyl groups excluding tert-OH is 1. The van der Waals surface area contributed by atoms with Gasteiger partial charge in [0.2, 0.25) is 0 Å². The molecule has 0 radical (unpaired) electrons. The molecule has 0 fully saturated rings. The average Bonchev–Trinajstić information content (AvgIpc) is 3.07. The van der Waals surface area contributed by atoms with Crippen LogP contribution in [0.3, 0.4) is 0 Å². The maximum atomic E-state index is 12.2. The Morgan fingerprint density at radius 2 is 2.48 bits per heavy atom. The van der Waals surface area contributed by atoms with Crippen LogP contribution in [-0.2, 0) is 13.0 Å². The van der Waals surface area contributed by atoms with E-state index >= 15 is 0 Å². The lowest BCUT2D eigenvalue weighted by Crippen LogP contribution is -2.31. The van der Waals surface area contributed by atoms with Gasteiger partial charge in [-0.25, -0.2) is 4.98 Å². The minimum Gasteiger partial charge on any atom is -0.394 e. The van der Waals surface area contributed by atoms with Crippen LogP contribution in [-0.4, -0.2) is 32.4 Å². The highest BCUT2D eigenvalue weighted by Gasteiger charge is 2.26. The van der Waals surface area contributed by atoms with Crippen LogP contribution in [0.5, 0.6) is 0 Å². The van der Waals surface area contributed by atoms with Crippen molar-refractivity contribution < 1.29 is 9.90 Å². The van der Waals surface area contributed by atoms with Gasteiger partial charge in [-0.05, 0) is 19.3 Å². The first kappa shape index (κ1) is 14.0. The maximum Gasteiger partial charge on any atom is 0.271 e. The fourth-order valence-corrected chi connectivity index (χ4v) is 3.22. The Hall–Kier alpha value is -1.93. The molecular weight excluding hydrogens is 290 g/mol. The number of aliphatic hydroxyl groups is 1. The molecule has 0 bridgehead atoms. The first-order chi connectivity index (χ1) is 10.2. The molecule has 1 aliphatic rings. The number of nitrogens with two attached hydrogens (primary N) is 1. The normalized spacial score (nSPS) is 17.5. The van der Waals surface area contributed by atoms with E-state index in [1.54, 1.807) is 11.6 Å². The van der Waals surface area contributed by atoms with Gasteiger partial charge < -0.3 is 16.2 Å². The van der Waals surface area contributed by atoms with Gasteiger partial charge in [0.15, 0.2) is 5.13 Å². The Bertz CT molecular complexity index is 651. The summed E-state index contributed by atoms with van der Waals surface area (Å²) in [4.78, 5) is 16.2. The molecule has 2 aromatic rings. The number of carbonyl (C=O) groups is 1. The molecule has 1 aliphatic carbocycles. The van der Waals surface area contributed by atoms with Gasteiger partial charge >= 0.3 is 0 Å². The Morgan fingerprint density at radius 3 is 3.19 bits per heavy atom. The Balaban J connectivity index is 1.77. The molecule has 8 heteroatoms. The zero-order valence-electron chi connectivity index (χ0n) is 11.5. The van der Waals surface area contributed by atoms with Crippen molar-refractivity contribution in [1.82, 2.24) is 20.1 Å². The third-order valence-electron chi connectivity index (χ3n) is 3.63. The molecule has 112 valence electrons. The van der Waals surface area contributed by atoms with E-state index < -0.39 is 0 Å². The summed E-state index contributed by atoms with van der Waals surface area (Å²) >= 11 is 1.25. The SMILES string of the molecule is Nc1nc(C(=O)NC2CCCc3c2cnn3CCO)cs1. The molecule has 4 N–H and O–H groups in total. The van der Waals surface area contributed by atoms with Crippen LogP contribution in [0.25, 0.3) is 0 Å². The van der Waals surface area contributed by atoms with Crippen molar-refractivity contribution in [1.29, 1.82) is 0 Å². The van der Waals surface area contributed by atoms with Gasteiger partial charge in [-0.15, -0.1) is 11.3 Å². The zero-order valence-corrected chi connectivity index (χ0v) is 12.3. The van der Waals surface area contributed by atoms with Crippen molar-refractivity contribution in [3.63, 3.8) is 0 Å². The van der Waals surface area contributed by atoms with E-state index in [0.717, 1.165) is 30.5 Å². The van der Waals surface area contributed by atoms with Crippen LogP contribution in [0.15, 0.2) is 11.6 Å². The molecule has 2 heterocycles. The smallest absolute Gasteiger partial charge is 0.271 e. The largest absolute Gasteiger partial charge is 0.394 e. The van der Waals surface area contributed by atoms with Crippen molar-refractivity contribution in [3.8, 4) is 0 Å². The molecule has 0 aromatic carbocycles. The van der Waals surface area contributed by atoms with Gasteiger partial charge in [0.05, 0.1) is 25.4 Å².